The lowest BCUT2D eigenvalue weighted by molar-refractivity contribution is 0.161. The van der Waals surface area contributed by atoms with Crippen molar-refractivity contribution in [3.05, 3.63) is 42.5 Å². The van der Waals surface area contributed by atoms with Crippen molar-refractivity contribution >= 4 is 32.3 Å². The molecule has 0 aliphatic carbocycles. The number of piperidine rings is 1. The smallest absolute Gasteiger partial charge is 0.186 e. The van der Waals surface area contributed by atoms with Gasteiger partial charge in [-0.15, -0.1) is 0 Å². The summed E-state index contributed by atoms with van der Waals surface area (Å²) in [4.78, 5) is 16.5. The first kappa shape index (κ1) is 20.4. The Hall–Kier alpha value is -2.51. The molecule has 5 rings (SSSR count). The van der Waals surface area contributed by atoms with Gasteiger partial charge in [0.2, 0.25) is 0 Å². The highest BCUT2D eigenvalue weighted by Crippen LogP contribution is 2.36. The molecule has 1 aliphatic rings. The number of nitrogens with zero attached hydrogens (tertiary/aromatic N) is 5. The van der Waals surface area contributed by atoms with E-state index in [-0.39, 0.29) is 11.1 Å². The van der Waals surface area contributed by atoms with E-state index < -0.39 is 0 Å². The van der Waals surface area contributed by atoms with Crippen LogP contribution in [0.5, 0.6) is 0 Å². The Bertz CT molecular complexity index is 1250. The predicted molar refractivity (Wildman–Crippen MR) is 129 cm³/mol. The molecule has 0 unspecified atom stereocenters. The van der Waals surface area contributed by atoms with Crippen LogP contribution in [0.1, 0.15) is 46.2 Å². The van der Waals surface area contributed by atoms with Gasteiger partial charge in [-0.2, -0.15) is 0 Å². The average molecular weight is 435 g/mol. The molecule has 7 heteroatoms. The van der Waals surface area contributed by atoms with Gasteiger partial charge in [-0.25, -0.2) is 9.97 Å². The van der Waals surface area contributed by atoms with Crippen LogP contribution in [-0.4, -0.2) is 43.5 Å². The Morgan fingerprint density at radius 3 is 2.58 bits per heavy atom. The van der Waals surface area contributed by atoms with Crippen LogP contribution in [0.25, 0.3) is 27.1 Å². The lowest BCUT2D eigenvalue weighted by Crippen LogP contribution is -2.61. The Morgan fingerprint density at radius 2 is 1.84 bits per heavy atom. The summed E-state index contributed by atoms with van der Waals surface area (Å²) in [6.45, 7) is 11.2. The van der Waals surface area contributed by atoms with Crippen LogP contribution in [0.2, 0.25) is 0 Å². The highest BCUT2D eigenvalue weighted by molar-refractivity contribution is 7.22. The quantitative estimate of drug-likeness (QED) is 0.488. The van der Waals surface area contributed by atoms with Crippen molar-refractivity contribution in [2.75, 3.05) is 11.9 Å². The van der Waals surface area contributed by atoms with Gasteiger partial charge in [0, 0.05) is 42.1 Å². The maximum Gasteiger partial charge on any atom is 0.186 e. The highest BCUT2D eigenvalue weighted by Gasteiger charge is 2.39. The van der Waals surface area contributed by atoms with Crippen LogP contribution in [0.4, 0.5) is 5.13 Å². The molecule has 4 aromatic heterocycles. The van der Waals surface area contributed by atoms with Crippen molar-refractivity contribution < 1.29 is 0 Å². The molecule has 5 heterocycles. The third-order valence-corrected chi connectivity index (χ3v) is 7.26. The van der Waals surface area contributed by atoms with Gasteiger partial charge in [0.1, 0.15) is 11.2 Å². The summed E-state index contributed by atoms with van der Waals surface area (Å²) in [5, 5.41) is 4.84. The van der Waals surface area contributed by atoms with Gasteiger partial charge in [0.05, 0.1) is 22.3 Å². The number of aromatic nitrogens is 4. The topological polar surface area (TPSA) is 58.4 Å². The number of anilines is 1. The van der Waals surface area contributed by atoms with Crippen LogP contribution >= 0.6 is 11.3 Å². The Balaban J connectivity index is 1.46. The summed E-state index contributed by atoms with van der Waals surface area (Å²) in [7, 11) is 2.18. The minimum atomic E-state index is 0.108. The summed E-state index contributed by atoms with van der Waals surface area (Å²) in [5.41, 5.74) is 5.19. The molecule has 1 aliphatic heterocycles. The Kier molecular flexibility index (Phi) is 4.61. The molecule has 0 radical (unpaired) electrons. The maximum atomic E-state index is 4.92. The van der Waals surface area contributed by atoms with E-state index in [0.717, 1.165) is 46.1 Å². The number of fused-ring (bicyclic) bond motifs is 2. The zero-order chi connectivity index (χ0) is 22.0. The maximum absolute atomic E-state index is 4.92. The van der Waals surface area contributed by atoms with Gasteiger partial charge in [0.25, 0.3) is 0 Å². The zero-order valence-corrected chi connectivity index (χ0v) is 19.9. The van der Waals surface area contributed by atoms with Gasteiger partial charge in [-0.3, -0.25) is 4.98 Å². The Morgan fingerprint density at radius 1 is 1.10 bits per heavy atom. The normalized spacial score (nSPS) is 18.6. The van der Waals surface area contributed by atoms with E-state index in [1.54, 1.807) is 11.3 Å². The second-order valence-corrected chi connectivity index (χ2v) is 11.2. The fourth-order valence-electron chi connectivity index (χ4n) is 5.10. The molecule has 6 nitrogen and oxygen atoms in total. The number of hydrogen-bond acceptors (Lipinski definition) is 6. The van der Waals surface area contributed by atoms with E-state index in [2.05, 4.69) is 72.7 Å². The number of rotatable bonds is 3. The van der Waals surface area contributed by atoms with Crippen molar-refractivity contribution in [1.29, 1.82) is 0 Å². The van der Waals surface area contributed by atoms with E-state index in [1.165, 1.54) is 4.70 Å². The zero-order valence-electron chi connectivity index (χ0n) is 19.1. The Labute approximate surface area is 187 Å². The van der Waals surface area contributed by atoms with Gasteiger partial charge in [0.15, 0.2) is 5.13 Å². The van der Waals surface area contributed by atoms with Gasteiger partial charge in [-0.05, 0) is 65.7 Å². The number of nitrogens with one attached hydrogen (secondary N) is 1. The highest BCUT2D eigenvalue weighted by atomic mass is 32.1. The van der Waals surface area contributed by atoms with Gasteiger partial charge >= 0.3 is 0 Å². The fraction of sp³-hybridized carbons (Fsp3) is 0.458. The monoisotopic (exact) mass is 434 g/mol. The summed E-state index contributed by atoms with van der Waals surface area (Å²) < 4.78 is 3.23. The summed E-state index contributed by atoms with van der Waals surface area (Å²) in [6, 6.07) is 6.74. The van der Waals surface area contributed by atoms with E-state index in [1.807, 2.05) is 25.4 Å². The minimum absolute atomic E-state index is 0.108. The number of imidazole rings is 1. The van der Waals surface area contributed by atoms with E-state index >= 15 is 0 Å². The molecule has 1 N–H and O–H groups in total. The molecule has 4 aromatic rings. The van der Waals surface area contributed by atoms with E-state index in [4.69, 9.17) is 9.97 Å². The van der Waals surface area contributed by atoms with Crippen molar-refractivity contribution in [1.82, 2.24) is 24.7 Å². The molecule has 162 valence electrons. The molecule has 0 spiro atoms. The van der Waals surface area contributed by atoms with E-state index in [0.29, 0.717) is 6.04 Å². The van der Waals surface area contributed by atoms with Crippen LogP contribution in [0.3, 0.4) is 0 Å². The van der Waals surface area contributed by atoms with Gasteiger partial charge < -0.3 is 14.6 Å². The summed E-state index contributed by atoms with van der Waals surface area (Å²) in [5.74, 6) is 0. The SMILES string of the molecule is Cc1cn2cc(-c3cc4sc(N(C)C5CC(C)(C)NC(C)(C)C5)nc4cn3)ccc2n1. The lowest BCUT2D eigenvalue weighted by atomic mass is 9.79. The molecule has 1 saturated heterocycles. The molecular formula is C24H30N6S. The molecule has 0 amide bonds. The minimum Gasteiger partial charge on any atom is -0.348 e. The molecular weight excluding hydrogens is 404 g/mol. The first-order valence-electron chi connectivity index (χ1n) is 10.8. The fourth-order valence-corrected chi connectivity index (χ4v) is 6.10. The van der Waals surface area contributed by atoms with Crippen molar-refractivity contribution in [3.63, 3.8) is 0 Å². The average Bonchev–Trinajstić information content (AvgIpc) is 3.25. The number of thiazole rings is 1. The largest absolute Gasteiger partial charge is 0.348 e. The van der Waals surface area contributed by atoms with Crippen molar-refractivity contribution in [2.24, 2.45) is 0 Å². The predicted octanol–water partition coefficient (Wildman–Crippen LogP) is 5.06. The third kappa shape index (κ3) is 3.92. The van der Waals surface area contributed by atoms with Crippen LogP contribution in [-0.2, 0) is 0 Å². The molecule has 0 aromatic carbocycles. The lowest BCUT2D eigenvalue weighted by Gasteiger charge is -2.48. The second kappa shape index (κ2) is 7.00. The number of hydrogen-bond donors (Lipinski definition) is 1. The standard InChI is InChI=1S/C24H30N6S/c1-15-13-30-14-16(7-8-21(30)26-15)18-9-20-19(12-25-18)27-22(31-20)29(6)17-10-23(2,3)28-24(4,5)11-17/h7-9,12-14,17,28H,10-11H2,1-6H3. The molecule has 31 heavy (non-hydrogen) atoms. The van der Waals surface area contributed by atoms with Crippen LogP contribution < -0.4 is 10.2 Å². The number of pyridine rings is 2. The first-order chi connectivity index (χ1) is 14.6. The number of aryl methyl sites for hydroxylation is 1. The molecule has 0 atom stereocenters. The van der Waals surface area contributed by atoms with Crippen molar-refractivity contribution in [3.8, 4) is 11.3 Å². The first-order valence-corrected chi connectivity index (χ1v) is 11.6. The van der Waals surface area contributed by atoms with E-state index in [9.17, 15) is 0 Å². The van der Waals surface area contributed by atoms with Crippen LogP contribution in [0.15, 0.2) is 36.8 Å². The molecule has 0 saturated carbocycles. The molecule has 1 fully saturated rings. The second-order valence-electron chi connectivity index (χ2n) is 10.2. The van der Waals surface area contributed by atoms with Gasteiger partial charge in [-0.1, -0.05) is 11.3 Å². The third-order valence-electron chi connectivity index (χ3n) is 6.15. The van der Waals surface area contributed by atoms with Crippen molar-refractivity contribution in [2.45, 2.75) is 64.6 Å². The molecule has 0 bridgehead atoms. The van der Waals surface area contributed by atoms with Crippen LogP contribution in [0, 0.1) is 6.92 Å². The summed E-state index contributed by atoms with van der Waals surface area (Å²) >= 11 is 1.75. The summed E-state index contributed by atoms with van der Waals surface area (Å²) in [6.07, 6.45) is 8.22.